The van der Waals surface area contributed by atoms with Gasteiger partial charge in [0.15, 0.2) is 0 Å². The molecule has 2 rings (SSSR count). The first-order valence-electron chi connectivity index (χ1n) is 5.19. The van der Waals surface area contributed by atoms with Crippen molar-refractivity contribution in [2.24, 2.45) is 7.05 Å². The Balaban J connectivity index is 1.85. The van der Waals surface area contributed by atoms with E-state index in [1.54, 1.807) is 23.1 Å². The molecule has 2 heterocycles. The van der Waals surface area contributed by atoms with Crippen molar-refractivity contribution < 1.29 is 4.74 Å². The van der Waals surface area contributed by atoms with E-state index in [4.69, 9.17) is 16.3 Å². The Bertz CT molecular complexity index is 495. The number of halogens is 1. The second-order valence-electron chi connectivity index (χ2n) is 3.64. The lowest BCUT2D eigenvalue weighted by Crippen LogP contribution is -2.12. The minimum atomic E-state index is 0.715. The Morgan fingerprint density at radius 2 is 2.29 bits per heavy atom. The molecule has 2 aromatic heterocycles. The molecule has 92 valence electrons. The largest absolute Gasteiger partial charge is 0.481 e. The molecule has 0 fully saturated rings. The van der Waals surface area contributed by atoms with Gasteiger partial charge in [-0.3, -0.25) is 0 Å². The third-order valence-corrected chi connectivity index (χ3v) is 3.61. The van der Waals surface area contributed by atoms with Crippen molar-refractivity contribution in [2.45, 2.75) is 13.1 Å². The molecule has 6 heteroatoms. The number of aryl methyl sites for hydroxylation is 1. The highest BCUT2D eigenvalue weighted by atomic mass is 35.5. The number of hydrogen-bond donors (Lipinski definition) is 1. The fourth-order valence-electron chi connectivity index (χ4n) is 1.54. The zero-order valence-corrected chi connectivity index (χ0v) is 11.3. The minimum absolute atomic E-state index is 0.715. The van der Waals surface area contributed by atoms with Crippen LogP contribution in [-0.4, -0.2) is 16.9 Å². The molecule has 0 spiro atoms. The predicted molar refractivity (Wildman–Crippen MR) is 69.6 cm³/mol. The standard InChI is InChI=1S/C11H14ClN3OS/c1-15-11(16-2)4-9(14-15)5-13-6-10-3-8(12)7-17-10/h3-4,7,13H,5-6H2,1-2H3. The summed E-state index contributed by atoms with van der Waals surface area (Å²) < 4.78 is 6.87. The molecule has 0 unspecified atom stereocenters. The van der Waals surface area contributed by atoms with Crippen LogP contribution in [0.2, 0.25) is 5.02 Å². The maximum atomic E-state index is 5.85. The first kappa shape index (κ1) is 12.4. The van der Waals surface area contributed by atoms with Crippen LogP contribution in [0.5, 0.6) is 5.88 Å². The summed E-state index contributed by atoms with van der Waals surface area (Å²) in [5, 5.41) is 10.4. The van der Waals surface area contributed by atoms with Gasteiger partial charge in [-0.25, -0.2) is 4.68 Å². The SMILES string of the molecule is COc1cc(CNCc2cc(Cl)cs2)nn1C. The van der Waals surface area contributed by atoms with Crippen LogP contribution in [0.25, 0.3) is 0 Å². The van der Waals surface area contributed by atoms with Crippen LogP contribution in [0, 0.1) is 0 Å². The van der Waals surface area contributed by atoms with E-state index in [0.717, 1.165) is 23.1 Å². The van der Waals surface area contributed by atoms with Crippen molar-refractivity contribution in [1.82, 2.24) is 15.1 Å². The van der Waals surface area contributed by atoms with Gasteiger partial charge in [0.1, 0.15) is 0 Å². The van der Waals surface area contributed by atoms with E-state index in [0.29, 0.717) is 6.54 Å². The van der Waals surface area contributed by atoms with Gasteiger partial charge in [0.05, 0.1) is 17.8 Å². The Morgan fingerprint density at radius 3 is 2.88 bits per heavy atom. The summed E-state index contributed by atoms with van der Waals surface area (Å²) in [6.45, 7) is 1.52. The molecule has 1 N–H and O–H groups in total. The first-order valence-corrected chi connectivity index (χ1v) is 6.45. The molecule has 4 nitrogen and oxygen atoms in total. The molecule has 0 bridgehead atoms. The molecule has 0 aliphatic heterocycles. The summed E-state index contributed by atoms with van der Waals surface area (Å²) in [4.78, 5) is 1.22. The monoisotopic (exact) mass is 271 g/mol. The van der Waals surface area contributed by atoms with Crippen LogP contribution in [0.4, 0.5) is 0 Å². The Labute approximate surface area is 109 Å². The lowest BCUT2D eigenvalue weighted by atomic mass is 10.4. The number of nitrogens with zero attached hydrogens (tertiary/aromatic N) is 2. The van der Waals surface area contributed by atoms with Crippen molar-refractivity contribution in [3.05, 3.63) is 33.1 Å². The smallest absolute Gasteiger partial charge is 0.211 e. The number of ether oxygens (including phenoxy) is 1. The quantitative estimate of drug-likeness (QED) is 0.908. The van der Waals surface area contributed by atoms with Crippen molar-refractivity contribution in [3.8, 4) is 5.88 Å². The number of rotatable bonds is 5. The average Bonchev–Trinajstić information content (AvgIpc) is 2.85. The highest BCUT2D eigenvalue weighted by molar-refractivity contribution is 7.10. The summed E-state index contributed by atoms with van der Waals surface area (Å²) in [7, 11) is 3.50. The molecular weight excluding hydrogens is 258 g/mol. The second kappa shape index (κ2) is 5.53. The summed E-state index contributed by atoms with van der Waals surface area (Å²) in [5.41, 5.74) is 0.965. The number of aromatic nitrogens is 2. The fraction of sp³-hybridized carbons (Fsp3) is 0.364. The maximum Gasteiger partial charge on any atom is 0.211 e. The van der Waals surface area contributed by atoms with Gasteiger partial charge in [-0.15, -0.1) is 11.3 Å². The summed E-state index contributed by atoms with van der Waals surface area (Å²) in [6, 6.07) is 3.90. The van der Waals surface area contributed by atoms with Gasteiger partial charge in [0.2, 0.25) is 5.88 Å². The van der Waals surface area contributed by atoms with Crippen LogP contribution < -0.4 is 10.1 Å². The van der Waals surface area contributed by atoms with Gasteiger partial charge in [-0.05, 0) is 6.07 Å². The molecule has 0 aromatic carbocycles. The van der Waals surface area contributed by atoms with Gasteiger partial charge in [0, 0.05) is 36.5 Å². The second-order valence-corrected chi connectivity index (χ2v) is 5.07. The van der Waals surface area contributed by atoms with Crippen LogP contribution in [0.1, 0.15) is 10.6 Å². The van der Waals surface area contributed by atoms with Crippen LogP contribution in [0.15, 0.2) is 17.5 Å². The van der Waals surface area contributed by atoms with Crippen LogP contribution >= 0.6 is 22.9 Å². The van der Waals surface area contributed by atoms with Gasteiger partial charge < -0.3 is 10.1 Å². The van der Waals surface area contributed by atoms with E-state index in [1.807, 2.05) is 24.6 Å². The topological polar surface area (TPSA) is 39.1 Å². The Morgan fingerprint density at radius 1 is 1.47 bits per heavy atom. The van der Waals surface area contributed by atoms with Gasteiger partial charge >= 0.3 is 0 Å². The number of nitrogens with one attached hydrogen (secondary N) is 1. The van der Waals surface area contributed by atoms with Crippen molar-refractivity contribution in [3.63, 3.8) is 0 Å². The summed E-state index contributed by atoms with van der Waals surface area (Å²) in [5.74, 6) is 0.765. The molecule has 0 saturated heterocycles. The molecule has 17 heavy (non-hydrogen) atoms. The van der Waals surface area contributed by atoms with E-state index in [2.05, 4.69) is 10.4 Å². The highest BCUT2D eigenvalue weighted by Crippen LogP contribution is 2.19. The Hall–Kier alpha value is -1.04. The van der Waals surface area contributed by atoms with Crippen molar-refractivity contribution >= 4 is 22.9 Å². The number of thiophene rings is 1. The molecular formula is C11H14ClN3OS. The first-order chi connectivity index (χ1) is 8.19. The van der Waals surface area contributed by atoms with Crippen LogP contribution in [0.3, 0.4) is 0 Å². The third kappa shape index (κ3) is 3.21. The van der Waals surface area contributed by atoms with Gasteiger partial charge in [-0.2, -0.15) is 5.10 Å². The zero-order valence-electron chi connectivity index (χ0n) is 9.74. The molecule has 0 saturated carbocycles. The lowest BCUT2D eigenvalue weighted by molar-refractivity contribution is 0.373. The van der Waals surface area contributed by atoms with E-state index in [-0.39, 0.29) is 0 Å². The summed E-state index contributed by atoms with van der Waals surface area (Å²) in [6.07, 6.45) is 0. The molecule has 2 aromatic rings. The molecule has 0 radical (unpaired) electrons. The molecule has 0 aliphatic rings. The molecule has 0 amide bonds. The van der Waals surface area contributed by atoms with Crippen molar-refractivity contribution in [1.29, 1.82) is 0 Å². The third-order valence-electron chi connectivity index (χ3n) is 2.32. The molecule has 0 atom stereocenters. The van der Waals surface area contributed by atoms with E-state index < -0.39 is 0 Å². The van der Waals surface area contributed by atoms with Gasteiger partial charge in [-0.1, -0.05) is 11.6 Å². The number of methoxy groups -OCH3 is 1. The normalized spacial score (nSPS) is 10.8. The van der Waals surface area contributed by atoms with E-state index in [9.17, 15) is 0 Å². The van der Waals surface area contributed by atoms with Crippen molar-refractivity contribution in [2.75, 3.05) is 7.11 Å². The summed E-state index contributed by atoms with van der Waals surface area (Å²) >= 11 is 7.50. The fourth-order valence-corrected chi connectivity index (χ4v) is 2.59. The minimum Gasteiger partial charge on any atom is -0.481 e. The van der Waals surface area contributed by atoms with Gasteiger partial charge in [0.25, 0.3) is 0 Å². The average molecular weight is 272 g/mol. The van der Waals surface area contributed by atoms with E-state index >= 15 is 0 Å². The number of hydrogen-bond acceptors (Lipinski definition) is 4. The highest BCUT2D eigenvalue weighted by Gasteiger charge is 2.04. The predicted octanol–water partition coefficient (Wildman–Crippen LogP) is 2.43. The van der Waals surface area contributed by atoms with E-state index in [1.165, 1.54) is 4.88 Å². The maximum absolute atomic E-state index is 5.85. The van der Waals surface area contributed by atoms with Crippen LogP contribution in [-0.2, 0) is 20.1 Å². The lowest BCUT2D eigenvalue weighted by Gasteiger charge is -1.99. The molecule has 0 aliphatic carbocycles. The zero-order chi connectivity index (χ0) is 12.3. The Kier molecular flexibility index (Phi) is 4.04.